The lowest BCUT2D eigenvalue weighted by atomic mass is 9.83. The van der Waals surface area contributed by atoms with Gasteiger partial charge in [-0.2, -0.15) is 0 Å². The van der Waals surface area contributed by atoms with Gasteiger partial charge in [0.15, 0.2) is 0 Å². The summed E-state index contributed by atoms with van der Waals surface area (Å²) in [6.07, 6.45) is 4.93. The van der Waals surface area contributed by atoms with Crippen molar-refractivity contribution >= 4 is 17.8 Å². The van der Waals surface area contributed by atoms with Crippen LogP contribution in [0.3, 0.4) is 0 Å². The van der Waals surface area contributed by atoms with Crippen molar-refractivity contribution in [2.75, 3.05) is 26.7 Å². The summed E-state index contributed by atoms with van der Waals surface area (Å²) in [5.41, 5.74) is 1.12. The van der Waals surface area contributed by atoms with Crippen LogP contribution in [0.4, 0.5) is 0 Å². The van der Waals surface area contributed by atoms with Crippen molar-refractivity contribution < 1.29 is 19.5 Å². The highest BCUT2D eigenvalue weighted by molar-refractivity contribution is 5.92. The predicted octanol–water partition coefficient (Wildman–Crippen LogP) is 1.46. The van der Waals surface area contributed by atoms with Crippen molar-refractivity contribution in [3.8, 4) is 0 Å². The number of carbonyl (C=O) groups excluding carboxylic acids is 2. The number of hydrogen-bond donors (Lipinski definition) is 3. The predicted molar refractivity (Wildman–Crippen MR) is 122 cm³/mol. The second kappa shape index (κ2) is 11.4. The molecule has 1 aromatic carbocycles. The third-order valence-corrected chi connectivity index (χ3v) is 6.79. The maximum atomic E-state index is 13.6. The number of benzene rings is 1. The van der Waals surface area contributed by atoms with Gasteiger partial charge in [-0.1, -0.05) is 49.6 Å². The molecule has 1 saturated carbocycles. The molecule has 1 heterocycles. The molecule has 3 rings (SSSR count). The molecule has 8 heteroatoms. The molecule has 3 unspecified atom stereocenters. The fraction of sp³-hybridized carbons (Fsp3) is 0.625. The standard InChI is InChI=1S/C24H36N4O4/c1-17(25-2)22(29)26-21(19-11-7-4-8-12-19)23(30)28-14-13-27(16-20(28)24(31)32)15-18-9-5-3-6-10-18/h3,5-6,9-10,17,19-21,25H,4,7-8,11-16H2,1-2H3,(H,26,29)(H,31,32). The number of carboxylic acids is 1. The highest BCUT2D eigenvalue weighted by atomic mass is 16.4. The van der Waals surface area contributed by atoms with Gasteiger partial charge in [-0.25, -0.2) is 4.79 Å². The molecule has 3 N–H and O–H groups in total. The normalized spacial score (nSPS) is 22.2. The van der Waals surface area contributed by atoms with E-state index in [1.165, 1.54) is 4.90 Å². The topological polar surface area (TPSA) is 102 Å². The minimum absolute atomic E-state index is 0.0426. The maximum absolute atomic E-state index is 13.6. The van der Waals surface area contributed by atoms with E-state index >= 15 is 0 Å². The Labute approximate surface area is 190 Å². The van der Waals surface area contributed by atoms with E-state index in [9.17, 15) is 19.5 Å². The van der Waals surface area contributed by atoms with Crippen LogP contribution in [0.25, 0.3) is 0 Å². The average Bonchev–Trinajstić information content (AvgIpc) is 2.82. The van der Waals surface area contributed by atoms with E-state index in [0.717, 1.165) is 37.7 Å². The van der Waals surface area contributed by atoms with E-state index in [4.69, 9.17) is 0 Å². The zero-order valence-electron chi connectivity index (χ0n) is 19.1. The van der Waals surface area contributed by atoms with Gasteiger partial charge in [0.05, 0.1) is 6.04 Å². The van der Waals surface area contributed by atoms with Gasteiger partial charge in [0.2, 0.25) is 11.8 Å². The van der Waals surface area contributed by atoms with Gasteiger partial charge in [-0.05, 0) is 38.3 Å². The number of likely N-dealkylation sites (N-methyl/N-ethyl adjacent to an activating group) is 1. The van der Waals surface area contributed by atoms with Crippen LogP contribution in [0, 0.1) is 5.92 Å². The number of aliphatic carboxylic acids is 1. The Hall–Kier alpha value is -2.45. The number of carbonyl (C=O) groups is 3. The summed E-state index contributed by atoms with van der Waals surface area (Å²) in [6, 6.07) is 7.89. The molecular formula is C24H36N4O4. The summed E-state index contributed by atoms with van der Waals surface area (Å²) in [5, 5.41) is 15.8. The number of nitrogens with zero attached hydrogens (tertiary/aromatic N) is 2. The first kappa shape index (κ1) is 24.2. The molecule has 0 radical (unpaired) electrons. The van der Waals surface area contributed by atoms with Gasteiger partial charge in [-0.15, -0.1) is 0 Å². The smallest absolute Gasteiger partial charge is 0.327 e. The second-order valence-corrected chi connectivity index (χ2v) is 9.00. The second-order valence-electron chi connectivity index (χ2n) is 9.00. The molecule has 3 atom stereocenters. The van der Waals surface area contributed by atoms with Crippen LogP contribution in [0.2, 0.25) is 0 Å². The zero-order valence-corrected chi connectivity index (χ0v) is 19.1. The number of amides is 2. The molecule has 2 amide bonds. The monoisotopic (exact) mass is 444 g/mol. The first-order chi connectivity index (χ1) is 15.4. The molecule has 1 aliphatic heterocycles. The third-order valence-electron chi connectivity index (χ3n) is 6.79. The fourth-order valence-electron chi connectivity index (χ4n) is 4.74. The maximum Gasteiger partial charge on any atom is 0.327 e. The average molecular weight is 445 g/mol. The Morgan fingerprint density at radius 3 is 2.41 bits per heavy atom. The minimum Gasteiger partial charge on any atom is -0.480 e. The van der Waals surface area contributed by atoms with Crippen molar-refractivity contribution in [1.29, 1.82) is 0 Å². The summed E-state index contributed by atoms with van der Waals surface area (Å²) in [7, 11) is 1.70. The summed E-state index contributed by atoms with van der Waals surface area (Å²) < 4.78 is 0. The van der Waals surface area contributed by atoms with Gasteiger partial charge in [0.25, 0.3) is 0 Å². The lowest BCUT2D eigenvalue weighted by molar-refractivity contribution is -0.156. The molecule has 1 aliphatic carbocycles. The molecule has 8 nitrogen and oxygen atoms in total. The molecule has 2 fully saturated rings. The molecular weight excluding hydrogens is 408 g/mol. The molecule has 0 spiro atoms. The van der Waals surface area contributed by atoms with E-state index in [0.29, 0.717) is 19.6 Å². The lowest BCUT2D eigenvalue weighted by Crippen LogP contribution is -2.63. The Bertz CT molecular complexity index is 781. The van der Waals surface area contributed by atoms with Crippen LogP contribution in [0.1, 0.15) is 44.6 Å². The van der Waals surface area contributed by atoms with Crippen molar-refractivity contribution in [2.24, 2.45) is 5.92 Å². The molecule has 1 aromatic rings. The van der Waals surface area contributed by atoms with Crippen molar-refractivity contribution in [3.63, 3.8) is 0 Å². The number of rotatable bonds is 8. The first-order valence-electron chi connectivity index (χ1n) is 11.7. The minimum atomic E-state index is -1.01. The molecule has 0 bridgehead atoms. The number of nitrogens with one attached hydrogen (secondary N) is 2. The van der Waals surface area contributed by atoms with E-state index in [2.05, 4.69) is 15.5 Å². The van der Waals surface area contributed by atoms with Crippen LogP contribution >= 0.6 is 0 Å². The van der Waals surface area contributed by atoms with Gasteiger partial charge in [-0.3, -0.25) is 14.5 Å². The van der Waals surface area contributed by atoms with Crippen LogP contribution in [-0.4, -0.2) is 77.5 Å². The van der Waals surface area contributed by atoms with Gasteiger partial charge < -0.3 is 20.6 Å². The molecule has 1 saturated heterocycles. The first-order valence-corrected chi connectivity index (χ1v) is 11.7. The summed E-state index contributed by atoms with van der Waals surface area (Å²) in [4.78, 5) is 41.9. The van der Waals surface area contributed by atoms with E-state index in [-0.39, 0.29) is 24.3 Å². The molecule has 2 aliphatic rings. The van der Waals surface area contributed by atoms with Gasteiger partial charge >= 0.3 is 5.97 Å². The highest BCUT2D eigenvalue weighted by Gasteiger charge is 2.41. The Kier molecular flexibility index (Phi) is 8.64. The van der Waals surface area contributed by atoms with Crippen LogP contribution in [0.15, 0.2) is 30.3 Å². The quantitative estimate of drug-likeness (QED) is 0.561. The summed E-state index contributed by atoms with van der Waals surface area (Å²) in [5.74, 6) is -1.46. The van der Waals surface area contributed by atoms with Gasteiger partial charge in [0, 0.05) is 26.2 Å². The Morgan fingerprint density at radius 2 is 1.78 bits per heavy atom. The Balaban J connectivity index is 1.74. The Morgan fingerprint density at radius 1 is 1.09 bits per heavy atom. The van der Waals surface area contributed by atoms with Crippen LogP contribution in [-0.2, 0) is 20.9 Å². The zero-order chi connectivity index (χ0) is 23.1. The fourth-order valence-corrected chi connectivity index (χ4v) is 4.74. The van der Waals surface area contributed by atoms with Crippen molar-refractivity contribution in [1.82, 2.24) is 20.4 Å². The molecule has 176 valence electrons. The lowest BCUT2D eigenvalue weighted by Gasteiger charge is -2.42. The van der Waals surface area contributed by atoms with Crippen LogP contribution < -0.4 is 10.6 Å². The van der Waals surface area contributed by atoms with E-state index < -0.39 is 24.1 Å². The third kappa shape index (κ3) is 6.07. The highest BCUT2D eigenvalue weighted by Crippen LogP contribution is 2.28. The number of piperazine rings is 1. The van der Waals surface area contributed by atoms with Crippen molar-refractivity contribution in [3.05, 3.63) is 35.9 Å². The largest absolute Gasteiger partial charge is 0.480 e. The van der Waals surface area contributed by atoms with Crippen LogP contribution in [0.5, 0.6) is 0 Å². The summed E-state index contributed by atoms with van der Waals surface area (Å²) >= 11 is 0. The SMILES string of the molecule is CNC(C)C(=O)NC(C(=O)N1CCN(Cc2ccccc2)CC1C(=O)O)C1CCCCC1. The number of carboxylic acid groups (broad SMARTS) is 1. The number of hydrogen-bond acceptors (Lipinski definition) is 5. The van der Waals surface area contributed by atoms with E-state index in [1.807, 2.05) is 30.3 Å². The molecule has 32 heavy (non-hydrogen) atoms. The molecule has 0 aromatic heterocycles. The van der Waals surface area contributed by atoms with Crippen molar-refractivity contribution in [2.45, 2.75) is 63.7 Å². The summed E-state index contributed by atoms with van der Waals surface area (Å²) in [6.45, 7) is 3.61. The van der Waals surface area contributed by atoms with Gasteiger partial charge in [0.1, 0.15) is 12.1 Å². The van der Waals surface area contributed by atoms with E-state index in [1.54, 1.807) is 14.0 Å².